The average molecular weight is 463 g/mol. The Morgan fingerprint density at radius 2 is 2.21 bits per heavy atom. The molecule has 1 atom stereocenters. The summed E-state index contributed by atoms with van der Waals surface area (Å²) < 4.78 is 13.5. The molecule has 2 aliphatic rings. The summed E-state index contributed by atoms with van der Waals surface area (Å²) >= 11 is 2.05. The van der Waals surface area contributed by atoms with Crippen LogP contribution in [0.25, 0.3) is 0 Å². The molecule has 0 aromatic heterocycles. The largest absolute Gasteiger partial charge is 0.357 e. The van der Waals surface area contributed by atoms with Crippen LogP contribution in [-0.4, -0.2) is 36.6 Å². The van der Waals surface area contributed by atoms with Crippen molar-refractivity contribution in [2.24, 2.45) is 4.99 Å². The predicted molar refractivity (Wildman–Crippen MR) is 112 cm³/mol. The van der Waals surface area contributed by atoms with Gasteiger partial charge in [0.1, 0.15) is 5.82 Å². The second-order valence-corrected chi connectivity index (χ2v) is 7.91. The van der Waals surface area contributed by atoms with Gasteiger partial charge in [-0.25, -0.2) is 4.39 Å². The van der Waals surface area contributed by atoms with Crippen LogP contribution in [0, 0.1) is 5.82 Å². The first-order valence-electron chi connectivity index (χ1n) is 8.62. The lowest BCUT2D eigenvalue weighted by Crippen LogP contribution is -2.40. The molecule has 134 valence electrons. The molecule has 0 amide bonds. The van der Waals surface area contributed by atoms with E-state index in [4.69, 9.17) is 4.99 Å². The fraction of sp³-hybridized carbons (Fsp3) is 0.611. The van der Waals surface area contributed by atoms with Crippen molar-refractivity contribution in [1.29, 1.82) is 0 Å². The van der Waals surface area contributed by atoms with Crippen LogP contribution in [0.5, 0.6) is 0 Å². The minimum atomic E-state index is -0.152. The molecule has 1 aliphatic carbocycles. The maximum absolute atomic E-state index is 13.5. The third-order valence-electron chi connectivity index (χ3n) is 4.70. The molecule has 0 bridgehead atoms. The van der Waals surface area contributed by atoms with Crippen LogP contribution >= 0.6 is 35.7 Å². The number of guanidine groups is 1. The molecule has 1 saturated carbocycles. The smallest absolute Gasteiger partial charge is 0.191 e. The van der Waals surface area contributed by atoms with E-state index in [-0.39, 0.29) is 35.2 Å². The number of benzene rings is 1. The van der Waals surface area contributed by atoms with Crippen LogP contribution < -0.4 is 10.6 Å². The molecule has 2 N–H and O–H groups in total. The maximum Gasteiger partial charge on any atom is 0.191 e. The highest BCUT2D eigenvalue weighted by Gasteiger charge is 2.44. The molecule has 2 fully saturated rings. The van der Waals surface area contributed by atoms with Crippen molar-refractivity contribution in [2.75, 3.05) is 25.4 Å². The van der Waals surface area contributed by atoms with Crippen molar-refractivity contribution in [3.8, 4) is 0 Å². The third kappa shape index (κ3) is 5.25. The highest BCUT2D eigenvalue weighted by Crippen LogP contribution is 2.48. The van der Waals surface area contributed by atoms with Gasteiger partial charge in [0.05, 0.1) is 6.54 Å². The van der Waals surface area contributed by atoms with Gasteiger partial charge in [0.15, 0.2) is 5.96 Å². The number of hydrogen-bond donors (Lipinski definition) is 2. The number of halogens is 2. The van der Waals surface area contributed by atoms with Crippen molar-refractivity contribution in [1.82, 2.24) is 10.6 Å². The normalized spacial score (nSPS) is 21.9. The molecule has 1 aromatic carbocycles. The van der Waals surface area contributed by atoms with Gasteiger partial charge in [-0.05, 0) is 56.1 Å². The average Bonchev–Trinajstić information content (AvgIpc) is 3.17. The molecule has 6 heteroatoms. The van der Waals surface area contributed by atoms with Gasteiger partial charge in [0.25, 0.3) is 0 Å². The number of nitrogens with one attached hydrogen (secondary N) is 2. The summed E-state index contributed by atoms with van der Waals surface area (Å²) in [6.07, 6.45) is 4.81. The summed E-state index contributed by atoms with van der Waals surface area (Å²) in [6, 6.07) is 7.00. The fourth-order valence-corrected chi connectivity index (χ4v) is 4.30. The van der Waals surface area contributed by atoms with Crippen molar-refractivity contribution < 1.29 is 4.39 Å². The minimum Gasteiger partial charge on any atom is -0.357 e. The zero-order valence-electron chi connectivity index (χ0n) is 14.2. The van der Waals surface area contributed by atoms with E-state index in [1.807, 2.05) is 17.8 Å². The first kappa shape index (κ1) is 19.8. The molecule has 1 aliphatic heterocycles. The van der Waals surface area contributed by atoms with Crippen molar-refractivity contribution in [3.05, 3.63) is 35.6 Å². The lowest BCUT2D eigenvalue weighted by atomic mass is 9.96. The zero-order valence-corrected chi connectivity index (χ0v) is 17.3. The monoisotopic (exact) mass is 463 g/mol. The van der Waals surface area contributed by atoms with E-state index in [9.17, 15) is 4.39 Å². The van der Waals surface area contributed by atoms with E-state index in [2.05, 4.69) is 17.6 Å². The molecular formula is C18H27FIN3S. The topological polar surface area (TPSA) is 36.4 Å². The van der Waals surface area contributed by atoms with Gasteiger partial charge in [0, 0.05) is 23.8 Å². The fourth-order valence-electron chi connectivity index (χ4n) is 3.10. The van der Waals surface area contributed by atoms with Crippen molar-refractivity contribution >= 4 is 41.7 Å². The third-order valence-corrected chi connectivity index (χ3v) is 6.09. The Labute approximate surface area is 165 Å². The van der Waals surface area contributed by atoms with Crippen LogP contribution in [0.2, 0.25) is 0 Å². The summed E-state index contributed by atoms with van der Waals surface area (Å²) in [5.41, 5.74) is 1.13. The Morgan fingerprint density at radius 1 is 1.38 bits per heavy atom. The summed E-state index contributed by atoms with van der Waals surface area (Å²) in [5, 5.41) is 7.50. The van der Waals surface area contributed by atoms with Crippen LogP contribution in [0.3, 0.4) is 0 Å². The SMILES string of the molecule is CCNC(=NCC1(c2cccc(F)c2)CC1)NCC1CCCS1.I. The Kier molecular flexibility index (Phi) is 7.65. The number of hydrogen-bond acceptors (Lipinski definition) is 2. The Balaban J connectivity index is 0.00000208. The standard InChI is InChI=1S/C18H26FN3S.HI/c1-2-20-17(21-12-16-7-4-10-23-16)22-13-18(8-9-18)14-5-3-6-15(19)11-14;/h3,5-6,11,16H,2,4,7-10,12-13H2,1H3,(H2,20,21,22);1H. The molecular weight excluding hydrogens is 436 g/mol. The number of nitrogens with zero attached hydrogens (tertiary/aromatic N) is 1. The van der Waals surface area contributed by atoms with E-state index in [0.29, 0.717) is 5.25 Å². The minimum absolute atomic E-state index is 0. The van der Waals surface area contributed by atoms with Gasteiger partial charge in [-0.15, -0.1) is 24.0 Å². The zero-order chi connectivity index (χ0) is 16.1. The van der Waals surface area contributed by atoms with Crippen molar-refractivity contribution in [3.63, 3.8) is 0 Å². The molecule has 1 aromatic rings. The number of thioether (sulfide) groups is 1. The Bertz CT molecular complexity index is 557. The highest BCUT2D eigenvalue weighted by molar-refractivity contribution is 14.0. The van der Waals surface area contributed by atoms with Gasteiger partial charge < -0.3 is 10.6 Å². The van der Waals surface area contributed by atoms with Crippen LogP contribution in [0.4, 0.5) is 4.39 Å². The Morgan fingerprint density at radius 3 is 2.83 bits per heavy atom. The lowest BCUT2D eigenvalue weighted by molar-refractivity contribution is 0.615. The molecule has 0 radical (unpaired) electrons. The van der Waals surface area contributed by atoms with E-state index >= 15 is 0 Å². The summed E-state index contributed by atoms with van der Waals surface area (Å²) in [4.78, 5) is 4.78. The maximum atomic E-state index is 13.5. The first-order chi connectivity index (χ1) is 11.2. The summed E-state index contributed by atoms with van der Waals surface area (Å²) in [7, 11) is 0. The lowest BCUT2D eigenvalue weighted by Gasteiger charge is -2.17. The Hall–Kier alpha value is -0.500. The van der Waals surface area contributed by atoms with Gasteiger partial charge >= 0.3 is 0 Å². The van der Waals surface area contributed by atoms with Gasteiger partial charge in [-0.1, -0.05) is 12.1 Å². The van der Waals surface area contributed by atoms with E-state index in [0.717, 1.165) is 44.0 Å². The molecule has 1 unspecified atom stereocenters. The molecule has 1 heterocycles. The molecule has 24 heavy (non-hydrogen) atoms. The number of aliphatic imine (C=N–C) groups is 1. The van der Waals surface area contributed by atoms with Gasteiger partial charge in [-0.2, -0.15) is 11.8 Å². The van der Waals surface area contributed by atoms with E-state index < -0.39 is 0 Å². The van der Waals surface area contributed by atoms with Crippen LogP contribution in [0.15, 0.2) is 29.3 Å². The first-order valence-corrected chi connectivity index (χ1v) is 9.66. The molecule has 3 rings (SSSR count). The highest BCUT2D eigenvalue weighted by atomic mass is 127. The predicted octanol–water partition coefficient (Wildman–Crippen LogP) is 3.93. The second kappa shape index (κ2) is 9.27. The van der Waals surface area contributed by atoms with Crippen LogP contribution in [-0.2, 0) is 5.41 Å². The molecule has 0 spiro atoms. The summed E-state index contributed by atoms with van der Waals surface area (Å²) in [5.74, 6) is 2.02. The van der Waals surface area contributed by atoms with E-state index in [1.165, 1.54) is 24.7 Å². The second-order valence-electron chi connectivity index (χ2n) is 6.50. The van der Waals surface area contributed by atoms with Gasteiger partial charge in [-0.3, -0.25) is 4.99 Å². The molecule has 3 nitrogen and oxygen atoms in total. The van der Waals surface area contributed by atoms with Gasteiger partial charge in [0.2, 0.25) is 0 Å². The number of rotatable bonds is 6. The summed E-state index contributed by atoms with van der Waals surface area (Å²) in [6.45, 7) is 4.64. The van der Waals surface area contributed by atoms with E-state index in [1.54, 1.807) is 12.1 Å². The molecule has 1 saturated heterocycles. The quantitative estimate of drug-likeness (QED) is 0.382. The van der Waals surface area contributed by atoms with Crippen molar-refractivity contribution in [2.45, 2.75) is 43.3 Å². The van der Waals surface area contributed by atoms with Crippen LogP contribution in [0.1, 0.15) is 38.2 Å².